The molecule has 1 atom stereocenters. The number of para-hydroxylation sites is 1. The number of piperidine rings is 1. The number of thiazole rings is 1. The predicted molar refractivity (Wildman–Crippen MR) is 119 cm³/mol. The van der Waals surface area contributed by atoms with Gasteiger partial charge in [-0.2, -0.15) is 0 Å². The zero-order chi connectivity index (χ0) is 21.1. The zero-order valence-corrected chi connectivity index (χ0v) is 18.5. The van der Waals surface area contributed by atoms with E-state index in [1.807, 2.05) is 30.0 Å². The van der Waals surface area contributed by atoms with E-state index in [1.165, 1.54) is 12.1 Å². The van der Waals surface area contributed by atoms with Crippen LogP contribution in [0.2, 0.25) is 0 Å². The van der Waals surface area contributed by atoms with Crippen molar-refractivity contribution in [2.45, 2.75) is 37.0 Å². The van der Waals surface area contributed by atoms with Gasteiger partial charge in [0.05, 0.1) is 20.1 Å². The molecule has 1 aliphatic heterocycles. The van der Waals surface area contributed by atoms with Crippen LogP contribution < -0.4 is 4.72 Å². The van der Waals surface area contributed by atoms with Crippen LogP contribution in [0.4, 0.5) is 0 Å². The van der Waals surface area contributed by atoms with E-state index < -0.39 is 10.0 Å². The Morgan fingerprint density at radius 2 is 2.07 bits per heavy atom. The molecule has 1 aliphatic rings. The number of amides is 1. The van der Waals surface area contributed by atoms with E-state index in [0.29, 0.717) is 31.6 Å². The second-order valence-corrected chi connectivity index (χ2v) is 10.4. The van der Waals surface area contributed by atoms with Gasteiger partial charge in [-0.05, 0) is 49.6 Å². The van der Waals surface area contributed by atoms with Gasteiger partial charge in [0.25, 0.3) is 5.91 Å². The lowest BCUT2D eigenvalue weighted by atomic mass is 9.98. The third kappa shape index (κ3) is 4.40. The highest BCUT2D eigenvalue weighted by molar-refractivity contribution is 7.89. The quantitative estimate of drug-likeness (QED) is 0.624. The number of aromatic nitrogens is 1. The lowest BCUT2D eigenvalue weighted by Crippen LogP contribution is -2.39. The van der Waals surface area contributed by atoms with Gasteiger partial charge in [0.15, 0.2) is 0 Å². The predicted octanol–water partition coefficient (Wildman–Crippen LogP) is 4.00. The molecular weight excluding hydrogens is 418 g/mol. The fraction of sp³-hybridized carbons (Fsp3) is 0.364. The molecule has 4 rings (SSSR count). The first kappa shape index (κ1) is 21.0. The first-order valence-electron chi connectivity index (χ1n) is 10.2. The molecule has 1 N–H and O–H groups in total. The van der Waals surface area contributed by atoms with E-state index in [1.54, 1.807) is 23.5 Å². The van der Waals surface area contributed by atoms with Crippen LogP contribution in [0.5, 0.6) is 0 Å². The highest BCUT2D eigenvalue weighted by atomic mass is 32.2. The minimum absolute atomic E-state index is 0.126. The van der Waals surface area contributed by atoms with Gasteiger partial charge in [0.1, 0.15) is 0 Å². The number of carbonyl (C=O) groups excluding carboxylic acids is 1. The number of nitrogens with one attached hydrogen (secondary N) is 1. The first-order valence-corrected chi connectivity index (χ1v) is 12.5. The van der Waals surface area contributed by atoms with Crippen LogP contribution in [0, 0.1) is 0 Å². The van der Waals surface area contributed by atoms with Crippen molar-refractivity contribution in [2.24, 2.45) is 0 Å². The van der Waals surface area contributed by atoms with Gasteiger partial charge in [-0.1, -0.05) is 25.1 Å². The van der Waals surface area contributed by atoms with Crippen molar-refractivity contribution in [3.05, 3.63) is 59.1 Å². The normalized spacial score (nSPS) is 17.4. The van der Waals surface area contributed by atoms with Crippen LogP contribution in [0.25, 0.3) is 10.2 Å². The minimum atomic E-state index is -3.61. The average Bonchev–Trinajstić information content (AvgIpc) is 3.22. The Bertz CT molecular complexity index is 1120. The van der Waals surface area contributed by atoms with Crippen LogP contribution in [0.1, 0.15) is 47.5 Å². The molecule has 158 valence electrons. The van der Waals surface area contributed by atoms with E-state index in [0.717, 1.165) is 28.1 Å². The number of benzene rings is 2. The molecule has 0 bridgehead atoms. The fourth-order valence-electron chi connectivity index (χ4n) is 3.73. The van der Waals surface area contributed by atoms with Crippen LogP contribution in [-0.2, 0) is 10.0 Å². The Hall–Kier alpha value is -2.29. The molecule has 3 aromatic rings. The summed E-state index contributed by atoms with van der Waals surface area (Å²) in [5, 5.41) is 1.06. The summed E-state index contributed by atoms with van der Waals surface area (Å²) in [6.07, 6.45) is 2.61. The summed E-state index contributed by atoms with van der Waals surface area (Å²) < 4.78 is 28.6. The van der Waals surface area contributed by atoms with Crippen molar-refractivity contribution in [1.82, 2.24) is 14.6 Å². The van der Waals surface area contributed by atoms with E-state index in [2.05, 4.69) is 10.8 Å². The monoisotopic (exact) mass is 443 g/mol. The molecule has 0 radical (unpaired) electrons. The average molecular weight is 444 g/mol. The molecule has 2 aromatic carbocycles. The van der Waals surface area contributed by atoms with Gasteiger partial charge in [0.2, 0.25) is 10.0 Å². The highest BCUT2D eigenvalue weighted by Gasteiger charge is 2.28. The Morgan fingerprint density at radius 1 is 1.23 bits per heavy atom. The maximum atomic E-state index is 13.1. The number of carbonyl (C=O) groups is 1. The summed E-state index contributed by atoms with van der Waals surface area (Å²) in [7, 11) is -3.61. The van der Waals surface area contributed by atoms with Gasteiger partial charge in [-0.25, -0.2) is 18.1 Å². The molecule has 8 heteroatoms. The molecular formula is C22H25N3O3S2. The third-order valence-corrected chi connectivity index (χ3v) is 7.96. The van der Waals surface area contributed by atoms with E-state index in [9.17, 15) is 13.2 Å². The molecule has 1 amide bonds. The molecule has 2 heterocycles. The van der Waals surface area contributed by atoms with Crippen molar-refractivity contribution in [3.63, 3.8) is 0 Å². The molecule has 0 spiro atoms. The second kappa shape index (κ2) is 8.83. The van der Waals surface area contributed by atoms with Crippen molar-refractivity contribution in [1.29, 1.82) is 0 Å². The standard InChI is InChI=1S/C22H25N3O3S2/c1-2-12-23-30(27,28)18-9-5-7-16(14-18)22(26)25-13-6-8-17(15-25)21-24-19-10-3-4-11-20(19)29-21/h3-5,7,9-11,14,17,23H,2,6,8,12-13,15H2,1H3/t17-/m0/s1. The number of likely N-dealkylation sites (tertiary alicyclic amines) is 1. The van der Waals surface area contributed by atoms with Gasteiger partial charge < -0.3 is 4.90 Å². The summed E-state index contributed by atoms with van der Waals surface area (Å²) in [6.45, 7) is 3.55. The molecule has 1 aromatic heterocycles. The number of fused-ring (bicyclic) bond motifs is 1. The maximum absolute atomic E-state index is 13.1. The molecule has 1 saturated heterocycles. The van der Waals surface area contributed by atoms with E-state index in [4.69, 9.17) is 4.98 Å². The smallest absolute Gasteiger partial charge is 0.253 e. The zero-order valence-electron chi connectivity index (χ0n) is 16.9. The van der Waals surface area contributed by atoms with E-state index in [-0.39, 0.29) is 16.7 Å². The number of hydrogen-bond acceptors (Lipinski definition) is 5. The van der Waals surface area contributed by atoms with Gasteiger partial charge in [0, 0.05) is 31.1 Å². The second-order valence-electron chi connectivity index (χ2n) is 7.54. The van der Waals surface area contributed by atoms with Crippen LogP contribution >= 0.6 is 11.3 Å². The number of rotatable bonds is 6. The summed E-state index contributed by atoms with van der Waals surface area (Å²) in [4.78, 5) is 19.9. The fourth-order valence-corrected chi connectivity index (χ4v) is 6.00. The lowest BCUT2D eigenvalue weighted by Gasteiger charge is -2.32. The maximum Gasteiger partial charge on any atom is 0.253 e. The van der Waals surface area contributed by atoms with Crippen LogP contribution in [0.3, 0.4) is 0 Å². The Balaban J connectivity index is 1.52. The molecule has 0 saturated carbocycles. The van der Waals surface area contributed by atoms with Crippen molar-refractivity contribution < 1.29 is 13.2 Å². The number of sulfonamides is 1. The molecule has 1 fully saturated rings. The minimum Gasteiger partial charge on any atom is -0.338 e. The molecule has 6 nitrogen and oxygen atoms in total. The summed E-state index contributed by atoms with van der Waals surface area (Å²) in [5.74, 6) is 0.0755. The SMILES string of the molecule is CCCNS(=O)(=O)c1cccc(C(=O)N2CCC[C@H](c3nc4ccccc4s3)C2)c1. The number of nitrogens with zero attached hydrogens (tertiary/aromatic N) is 2. The summed E-state index contributed by atoms with van der Waals surface area (Å²) >= 11 is 1.69. The van der Waals surface area contributed by atoms with Gasteiger partial charge >= 0.3 is 0 Å². The molecule has 0 unspecified atom stereocenters. The largest absolute Gasteiger partial charge is 0.338 e. The summed E-state index contributed by atoms with van der Waals surface area (Å²) in [6, 6.07) is 14.4. The Morgan fingerprint density at radius 3 is 2.87 bits per heavy atom. The highest BCUT2D eigenvalue weighted by Crippen LogP contribution is 2.33. The van der Waals surface area contributed by atoms with Crippen LogP contribution in [-0.4, -0.2) is 43.8 Å². The Labute approximate surface area is 181 Å². The third-order valence-electron chi connectivity index (χ3n) is 5.30. The van der Waals surface area contributed by atoms with Crippen molar-refractivity contribution in [3.8, 4) is 0 Å². The number of hydrogen-bond donors (Lipinski definition) is 1. The van der Waals surface area contributed by atoms with Gasteiger partial charge in [-0.15, -0.1) is 11.3 Å². The summed E-state index contributed by atoms with van der Waals surface area (Å²) in [5.41, 5.74) is 1.40. The Kier molecular flexibility index (Phi) is 6.17. The van der Waals surface area contributed by atoms with Crippen molar-refractivity contribution >= 4 is 37.5 Å². The van der Waals surface area contributed by atoms with Crippen molar-refractivity contribution in [2.75, 3.05) is 19.6 Å². The topological polar surface area (TPSA) is 79.4 Å². The van der Waals surface area contributed by atoms with Gasteiger partial charge in [-0.3, -0.25) is 4.79 Å². The lowest BCUT2D eigenvalue weighted by molar-refractivity contribution is 0.0707. The first-order chi connectivity index (χ1) is 14.5. The molecule has 0 aliphatic carbocycles. The van der Waals surface area contributed by atoms with Crippen LogP contribution in [0.15, 0.2) is 53.4 Å². The molecule has 30 heavy (non-hydrogen) atoms. The van der Waals surface area contributed by atoms with E-state index >= 15 is 0 Å².